The van der Waals surface area contributed by atoms with E-state index in [2.05, 4.69) is 5.32 Å². The Morgan fingerprint density at radius 1 is 1.23 bits per heavy atom. The van der Waals surface area contributed by atoms with Gasteiger partial charge < -0.3 is 5.32 Å². The molecule has 0 amide bonds. The average Bonchev–Trinajstić information content (AvgIpc) is 2.17. The van der Waals surface area contributed by atoms with Crippen LogP contribution >= 0.6 is 0 Å². The third kappa shape index (κ3) is 2.11. The van der Waals surface area contributed by atoms with E-state index in [4.69, 9.17) is 0 Å². The first-order valence-corrected chi connectivity index (χ1v) is 5.35. The molecular weight excluding hydrogens is 162 g/mol. The Balaban J connectivity index is 2.72. The highest BCUT2D eigenvalue weighted by Gasteiger charge is 2.38. The lowest BCUT2D eigenvalue weighted by Gasteiger charge is -2.36. The van der Waals surface area contributed by atoms with Crippen molar-refractivity contribution in [1.82, 2.24) is 5.32 Å². The standard InChI is InChI=1S/C11H21NO/c1-9(2)10(13)11(12-3)7-5-4-6-8-11/h9,12H,4-8H2,1-3H3. The van der Waals surface area contributed by atoms with Crippen molar-refractivity contribution < 1.29 is 4.79 Å². The van der Waals surface area contributed by atoms with Crippen LogP contribution in [-0.2, 0) is 4.79 Å². The molecule has 0 radical (unpaired) electrons. The number of Topliss-reactive ketones (excluding diaryl/α,β-unsaturated/α-hetero) is 1. The summed E-state index contributed by atoms with van der Waals surface area (Å²) in [7, 11) is 1.92. The molecule has 1 fully saturated rings. The maximum Gasteiger partial charge on any atom is 0.155 e. The molecule has 0 aliphatic heterocycles. The van der Waals surface area contributed by atoms with Gasteiger partial charge in [0.1, 0.15) is 0 Å². The third-order valence-electron chi connectivity index (χ3n) is 3.18. The van der Waals surface area contributed by atoms with E-state index >= 15 is 0 Å². The summed E-state index contributed by atoms with van der Waals surface area (Å²) in [4.78, 5) is 12.0. The summed E-state index contributed by atoms with van der Waals surface area (Å²) in [6.45, 7) is 3.99. The zero-order valence-corrected chi connectivity index (χ0v) is 9.02. The van der Waals surface area contributed by atoms with Crippen LogP contribution in [0.1, 0.15) is 46.0 Å². The van der Waals surface area contributed by atoms with Crippen LogP contribution in [0.25, 0.3) is 0 Å². The van der Waals surface area contributed by atoms with Crippen LogP contribution in [0.15, 0.2) is 0 Å². The molecule has 1 aliphatic carbocycles. The van der Waals surface area contributed by atoms with E-state index in [9.17, 15) is 4.79 Å². The largest absolute Gasteiger partial charge is 0.308 e. The maximum absolute atomic E-state index is 12.0. The van der Waals surface area contributed by atoms with Crippen molar-refractivity contribution in [2.24, 2.45) is 5.92 Å². The quantitative estimate of drug-likeness (QED) is 0.726. The summed E-state index contributed by atoms with van der Waals surface area (Å²) in [5.74, 6) is 0.556. The fourth-order valence-corrected chi connectivity index (χ4v) is 2.33. The molecule has 0 aromatic heterocycles. The van der Waals surface area contributed by atoms with Gasteiger partial charge in [0.15, 0.2) is 5.78 Å². The van der Waals surface area contributed by atoms with Gasteiger partial charge in [0.05, 0.1) is 5.54 Å². The molecule has 1 rings (SSSR count). The van der Waals surface area contributed by atoms with Crippen molar-refractivity contribution in [3.8, 4) is 0 Å². The minimum atomic E-state index is -0.188. The van der Waals surface area contributed by atoms with Crippen LogP contribution in [-0.4, -0.2) is 18.4 Å². The van der Waals surface area contributed by atoms with Gasteiger partial charge >= 0.3 is 0 Å². The normalized spacial score (nSPS) is 21.8. The second-order valence-corrected chi connectivity index (χ2v) is 4.41. The second kappa shape index (κ2) is 4.23. The van der Waals surface area contributed by atoms with E-state index in [1.807, 2.05) is 20.9 Å². The molecule has 76 valence electrons. The third-order valence-corrected chi connectivity index (χ3v) is 3.18. The summed E-state index contributed by atoms with van der Waals surface area (Å²) >= 11 is 0. The minimum absolute atomic E-state index is 0.158. The summed E-state index contributed by atoms with van der Waals surface area (Å²) in [5.41, 5.74) is -0.188. The lowest BCUT2D eigenvalue weighted by atomic mass is 9.75. The van der Waals surface area contributed by atoms with Crippen molar-refractivity contribution >= 4 is 5.78 Å². The summed E-state index contributed by atoms with van der Waals surface area (Å²) in [5, 5.41) is 3.25. The lowest BCUT2D eigenvalue weighted by molar-refractivity contribution is -0.129. The van der Waals surface area contributed by atoms with Crippen LogP contribution in [0.4, 0.5) is 0 Å². The molecule has 0 bridgehead atoms. The van der Waals surface area contributed by atoms with Gasteiger partial charge in [-0.2, -0.15) is 0 Å². The van der Waals surface area contributed by atoms with Crippen molar-refractivity contribution in [2.45, 2.75) is 51.5 Å². The van der Waals surface area contributed by atoms with Gasteiger partial charge in [-0.1, -0.05) is 33.1 Å². The van der Waals surface area contributed by atoms with Crippen molar-refractivity contribution in [3.63, 3.8) is 0 Å². The van der Waals surface area contributed by atoms with Gasteiger partial charge in [-0.3, -0.25) is 4.79 Å². The molecular formula is C11H21NO. The smallest absolute Gasteiger partial charge is 0.155 e. The van der Waals surface area contributed by atoms with Crippen molar-refractivity contribution in [1.29, 1.82) is 0 Å². The van der Waals surface area contributed by atoms with E-state index in [-0.39, 0.29) is 11.5 Å². The van der Waals surface area contributed by atoms with Gasteiger partial charge in [-0.05, 0) is 19.9 Å². The Morgan fingerprint density at radius 2 is 1.77 bits per heavy atom. The molecule has 0 spiro atoms. The van der Waals surface area contributed by atoms with Gasteiger partial charge in [0.2, 0.25) is 0 Å². The van der Waals surface area contributed by atoms with E-state index in [1.54, 1.807) is 0 Å². The van der Waals surface area contributed by atoms with Gasteiger partial charge in [-0.25, -0.2) is 0 Å². The molecule has 2 nitrogen and oxygen atoms in total. The van der Waals surface area contributed by atoms with Crippen molar-refractivity contribution in [3.05, 3.63) is 0 Å². The summed E-state index contributed by atoms with van der Waals surface area (Å²) in [6, 6.07) is 0. The molecule has 2 heteroatoms. The topological polar surface area (TPSA) is 29.1 Å². The number of hydrogen-bond donors (Lipinski definition) is 1. The van der Waals surface area contributed by atoms with E-state index in [0.29, 0.717) is 5.78 Å². The van der Waals surface area contributed by atoms with Crippen molar-refractivity contribution in [2.75, 3.05) is 7.05 Å². The monoisotopic (exact) mass is 183 g/mol. The molecule has 1 N–H and O–H groups in total. The highest BCUT2D eigenvalue weighted by atomic mass is 16.1. The Bertz CT molecular complexity index is 181. The van der Waals surface area contributed by atoms with Gasteiger partial charge in [-0.15, -0.1) is 0 Å². The molecule has 1 saturated carbocycles. The zero-order chi connectivity index (χ0) is 9.90. The number of carbonyl (C=O) groups excluding carboxylic acids is 1. The predicted octanol–water partition coefficient (Wildman–Crippen LogP) is 2.13. The fourth-order valence-electron chi connectivity index (χ4n) is 2.33. The Hall–Kier alpha value is -0.370. The molecule has 0 saturated heterocycles. The molecule has 0 unspecified atom stereocenters. The number of hydrogen-bond acceptors (Lipinski definition) is 2. The first-order chi connectivity index (χ1) is 6.12. The molecule has 0 aromatic carbocycles. The molecule has 0 atom stereocenters. The fraction of sp³-hybridized carbons (Fsp3) is 0.909. The first kappa shape index (κ1) is 10.7. The minimum Gasteiger partial charge on any atom is -0.308 e. The number of carbonyl (C=O) groups is 1. The molecule has 0 heterocycles. The average molecular weight is 183 g/mol. The first-order valence-electron chi connectivity index (χ1n) is 5.35. The van der Waals surface area contributed by atoms with Crippen LogP contribution in [0.5, 0.6) is 0 Å². The highest BCUT2D eigenvalue weighted by molar-refractivity contribution is 5.90. The Kier molecular flexibility index (Phi) is 3.48. The predicted molar refractivity (Wildman–Crippen MR) is 54.7 cm³/mol. The van der Waals surface area contributed by atoms with E-state index < -0.39 is 0 Å². The van der Waals surface area contributed by atoms with E-state index in [1.165, 1.54) is 19.3 Å². The number of rotatable bonds is 3. The van der Waals surface area contributed by atoms with Gasteiger partial charge in [0, 0.05) is 5.92 Å². The molecule has 1 aliphatic rings. The zero-order valence-electron chi connectivity index (χ0n) is 9.02. The van der Waals surface area contributed by atoms with Crippen LogP contribution in [0, 0.1) is 5.92 Å². The van der Waals surface area contributed by atoms with E-state index in [0.717, 1.165) is 12.8 Å². The maximum atomic E-state index is 12.0. The van der Waals surface area contributed by atoms with Crippen LogP contribution in [0.3, 0.4) is 0 Å². The molecule has 13 heavy (non-hydrogen) atoms. The van der Waals surface area contributed by atoms with Gasteiger partial charge in [0.25, 0.3) is 0 Å². The van der Waals surface area contributed by atoms with Crippen LogP contribution < -0.4 is 5.32 Å². The highest BCUT2D eigenvalue weighted by Crippen LogP contribution is 2.30. The summed E-state index contributed by atoms with van der Waals surface area (Å²) < 4.78 is 0. The van der Waals surface area contributed by atoms with Crippen LogP contribution in [0.2, 0.25) is 0 Å². The Labute approximate surface area is 81.1 Å². The number of likely N-dealkylation sites (N-methyl/N-ethyl adjacent to an activating group) is 1. The molecule has 0 aromatic rings. The lowest BCUT2D eigenvalue weighted by Crippen LogP contribution is -2.53. The second-order valence-electron chi connectivity index (χ2n) is 4.41. The number of ketones is 1. The number of nitrogens with one attached hydrogen (secondary N) is 1. The summed E-state index contributed by atoms with van der Waals surface area (Å²) in [6.07, 6.45) is 5.73. The Morgan fingerprint density at radius 3 is 2.15 bits per heavy atom. The SMILES string of the molecule is CNC1(C(=O)C(C)C)CCCCC1.